The lowest BCUT2D eigenvalue weighted by atomic mass is 10.1. The summed E-state index contributed by atoms with van der Waals surface area (Å²) in [6.45, 7) is 0.933. The van der Waals surface area contributed by atoms with Crippen LogP contribution < -0.4 is 20.3 Å². The molecule has 0 spiro atoms. The van der Waals surface area contributed by atoms with Crippen molar-refractivity contribution in [3.05, 3.63) is 60.3 Å². The van der Waals surface area contributed by atoms with E-state index in [1.54, 1.807) is 42.3 Å². The number of fused-ring (bicyclic) bond motifs is 1. The van der Waals surface area contributed by atoms with Gasteiger partial charge in [-0.25, -0.2) is 0 Å². The van der Waals surface area contributed by atoms with Gasteiger partial charge in [0.1, 0.15) is 5.75 Å². The molecule has 4 rings (SSSR count). The van der Waals surface area contributed by atoms with Crippen molar-refractivity contribution in [1.29, 1.82) is 0 Å². The van der Waals surface area contributed by atoms with Gasteiger partial charge in [0.25, 0.3) is 5.91 Å². The molecule has 3 N–H and O–H groups in total. The average molecular weight is 420 g/mol. The molecule has 1 saturated heterocycles. The van der Waals surface area contributed by atoms with E-state index in [-0.39, 0.29) is 24.1 Å². The monoisotopic (exact) mass is 420 g/mol. The number of hydrogen-bond donors (Lipinski definition) is 3. The minimum absolute atomic E-state index is 0.0845. The first kappa shape index (κ1) is 20.5. The number of amides is 3. The highest BCUT2D eigenvalue weighted by Crippen LogP contribution is 2.26. The smallest absolute Gasteiger partial charge is 0.251 e. The van der Waals surface area contributed by atoms with Crippen LogP contribution >= 0.6 is 0 Å². The Labute approximate surface area is 179 Å². The number of carbonyl (C=O) groups excluding carboxylic acids is 3. The average Bonchev–Trinajstić information content (AvgIpc) is 3.42. The number of carbonyl (C=O) groups is 3. The third-order valence-corrected chi connectivity index (χ3v) is 5.41. The predicted octanol–water partition coefficient (Wildman–Crippen LogP) is 2.08. The highest BCUT2D eigenvalue weighted by Gasteiger charge is 2.34. The van der Waals surface area contributed by atoms with Gasteiger partial charge in [-0.2, -0.15) is 0 Å². The van der Waals surface area contributed by atoms with Gasteiger partial charge in [-0.15, -0.1) is 0 Å². The Kier molecular flexibility index (Phi) is 5.88. The summed E-state index contributed by atoms with van der Waals surface area (Å²) in [7, 11) is 1.58. The number of aromatic nitrogens is 1. The van der Waals surface area contributed by atoms with Gasteiger partial charge in [0.05, 0.1) is 13.0 Å². The molecular weight excluding hydrogens is 396 g/mol. The molecule has 8 nitrogen and oxygen atoms in total. The second kappa shape index (κ2) is 8.91. The maximum Gasteiger partial charge on any atom is 0.251 e. The first-order chi connectivity index (χ1) is 15.0. The number of rotatable bonds is 7. The van der Waals surface area contributed by atoms with Crippen LogP contribution in [0.25, 0.3) is 10.9 Å². The van der Waals surface area contributed by atoms with E-state index >= 15 is 0 Å². The van der Waals surface area contributed by atoms with Crippen LogP contribution in [-0.4, -0.2) is 49.4 Å². The van der Waals surface area contributed by atoms with Crippen molar-refractivity contribution in [2.24, 2.45) is 5.92 Å². The summed E-state index contributed by atoms with van der Waals surface area (Å²) < 4.78 is 5.13. The van der Waals surface area contributed by atoms with Crippen LogP contribution in [0, 0.1) is 5.92 Å². The third kappa shape index (κ3) is 4.53. The quantitative estimate of drug-likeness (QED) is 0.509. The van der Waals surface area contributed by atoms with Crippen molar-refractivity contribution in [1.82, 2.24) is 15.6 Å². The molecule has 0 saturated carbocycles. The van der Waals surface area contributed by atoms with Crippen molar-refractivity contribution in [2.45, 2.75) is 6.42 Å². The van der Waals surface area contributed by atoms with Crippen molar-refractivity contribution in [2.75, 3.05) is 31.6 Å². The molecule has 160 valence electrons. The second-order valence-corrected chi connectivity index (χ2v) is 7.43. The van der Waals surface area contributed by atoms with E-state index in [0.717, 1.165) is 16.6 Å². The normalized spacial score (nSPS) is 15.8. The second-order valence-electron chi connectivity index (χ2n) is 7.43. The number of nitrogens with zero attached hydrogens (tertiary/aromatic N) is 1. The SMILES string of the molecule is COc1ccc(N2C[C@H](C(=O)NCCNC(=O)c3ccc4[nH]ccc4c3)CC2=O)cc1. The lowest BCUT2D eigenvalue weighted by Crippen LogP contribution is -2.38. The third-order valence-electron chi connectivity index (χ3n) is 5.41. The molecule has 0 bridgehead atoms. The lowest BCUT2D eigenvalue weighted by molar-refractivity contribution is -0.126. The highest BCUT2D eigenvalue weighted by molar-refractivity contribution is 6.00. The Morgan fingerprint density at radius 2 is 1.87 bits per heavy atom. The van der Waals surface area contributed by atoms with Crippen LogP contribution in [-0.2, 0) is 9.59 Å². The first-order valence-corrected chi connectivity index (χ1v) is 10.1. The maximum atomic E-state index is 12.5. The van der Waals surface area contributed by atoms with Crippen LogP contribution in [0.4, 0.5) is 5.69 Å². The van der Waals surface area contributed by atoms with Gasteiger partial charge < -0.3 is 25.3 Å². The standard InChI is InChI=1S/C23H24N4O4/c1-31-19-5-3-18(4-6-19)27-14-17(13-21(27)28)23(30)26-11-10-25-22(29)16-2-7-20-15(12-16)8-9-24-20/h2-9,12,17,24H,10-11,13-14H2,1H3,(H,25,29)(H,26,30)/t17-/m1/s1. The number of benzene rings is 2. The predicted molar refractivity (Wildman–Crippen MR) is 117 cm³/mol. The van der Waals surface area contributed by atoms with Gasteiger partial charge in [-0.1, -0.05) is 0 Å². The fourth-order valence-corrected chi connectivity index (χ4v) is 3.70. The molecule has 0 radical (unpaired) electrons. The zero-order chi connectivity index (χ0) is 21.8. The Bertz CT molecular complexity index is 1110. The Morgan fingerprint density at radius 3 is 2.65 bits per heavy atom. The van der Waals surface area contributed by atoms with Crippen molar-refractivity contribution >= 4 is 34.3 Å². The van der Waals surface area contributed by atoms with Crippen LogP contribution in [0.2, 0.25) is 0 Å². The van der Waals surface area contributed by atoms with Crippen molar-refractivity contribution in [3.8, 4) is 5.75 Å². The molecule has 2 heterocycles. The van der Waals surface area contributed by atoms with E-state index in [1.165, 1.54) is 0 Å². The van der Waals surface area contributed by atoms with E-state index in [4.69, 9.17) is 4.74 Å². The van der Waals surface area contributed by atoms with E-state index in [9.17, 15) is 14.4 Å². The number of nitrogens with one attached hydrogen (secondary N) is 3. The lowest BCUT2D eigenvalue weighted by Gasteiger charge is -2.17. The van der Waals surface area contributed by atoms with Crippen molar-refractivity contribution in [3.63, 3.8) is 0 Å². The summed E-state index contributed by atoms with van der Waals surface area (Å²) in [6, 6.07) is 14.5. The first-order valence-electron chi connectivity index (χ1n) is 10.1. The summed E-state index contributed by atoms with van der Waals surface area (Å²) in [4.78, 5) is 41.8. The molecule has 1 aliphatic heterocycles. The van der Waals surface area contributed by atoms with E-state index < -0.39 is 5.92 Å². The number of methoxy groups -OCH3 is 1. The molecule has 0 aliphatic carbocycles. The molecule has 2 aromatic carbocycles. The minimum Gasteiger partial charge on any atom is -0.497 e. The van der Waals surface area contributed by atoms with Gasteiger partial charge in [0.15, 0.2) is 0 Å². The molecule has 3 aromatic rings. The van der Waals surface area contributed by atoms with Crippen LogP contribution in [0.1, 0.15) is 16.8 Å². The zero-order valence-electron chi connectivity index (χ0n) is 17.2. The van der Waals surface area contributed by atoms with E-state index in [1.807, 2.05) is 24.4 Å². The molecule has 3 amide bonds. The summed E-state index contributed by atoms with van der Waals surface area (Å²) >= 11 is 0. The molecular formula is C23H24N4O4. The number of aromatic amines is 1. The molecule has 1 atom stereocenters. The Hall–Kier alpha value is -3.81. The Balaban J connectivity index is 1.24. The van der Waals surface area contributed by atoms with Gasteiger partial charge in [-0.3, -0.25) is 14.4 Å². The fourth-order valence-electron chi connectivity index (χ4n) is 3.70. The summed E-state index contributed by atoms with van der Waals surface area (Å²) in [5.74, 6) is -0.175. The number of hydrogen-bond acceptors (Lipinski definition) is 4. The van der Waals surface area contributed by atoms with Crippen molar-refractivity contribution < 1.29 is 19.1 Å². The molecule has 8 heteroatoms. The molecule has 0 unspecified atom stereocenters. The summed E-state index contributed by atoms with van der Waals surface area (Å²) in [5, 5.41) is 6.58. The van der Waals surface area contributed by atoms with Gasteiger partial charge in [0, 0.05) is 54.4 Å². The van der Waals surface area contributed by atoms with Gasteiger partial charge in [-0.05, 0) is 48.5 Å². The highest BCUT2D eigenvalue weighted by atomic mass is 16.5. The largest absolute Gasteiger partial charge is 0.497 e. The minimum atomic E-state index is -0.415. The molecule has 31 heavy (non-hydrogen) atoms. The van der Waals surface area contributed by atoms with Crippen LogP contribution in [0.5, 0.6) is 5.75 Å². The number of ether oxygens (including phenoxy) is 1. The molecule has 1 aliphatic rings. The number of H-pyrrole nitrogens is 1. The van der Waals surface area contributed by atoms with Crippen LogP contribution in [0.15, 0.2) is 54.7 Å². The fraction of sp³-hybridized carbons (Fsp3) is 0.261. The maximum absolute atomic E-state index is 12.5. The van der Waals surface area contributed by atoms with E-state index in [2.05, 4.69) is 15.6 Å². The molecule has 1 fully saturated rings. The molecule has 1 aromatic heterocycles. The topological polar surface area (TPSA) is 104 Å². The van der Waals surface area contributed by atoms with Gasteiger partial charge >= 0.3 is 0 Å². The summed E-state index contributed by atoms with van der Waals surface area (Å²) in [6.07, 6.45) is 1.99. The van der Waals surface area contributed by atoms with E-state index in [0.29, 0.717) is 30.9 Å². The Morgan fingerprint density at radius 1 is 1.10 bits per heavy atom. The van der Waals surface area contributed by atoms with Gasteiger partial charge in [0.2, 0.25) is 11.8 Å². The van der Waals surface area contributed by atoms with Crippen LogP contribution in [0.3, 0.4) is 0 Å². The zero-order valence-corrected chi connectivity index (χ0v) is 17.2. The number of anilines is 1. The summed E-state index contributed by atoms with van der Waals surface area (Å²) in [5.41, 5.74) is 2.28.